The van der Waals surface area contributed by atoms with Gasteiger partial charge in [0, 0.05) is 58.6 Å². The number of benzene rings is 5. The number of rotatable bonds is 2. The zero-order valence-electron chi connectivity index (χ0n) is 24.5. The van der Waals surface area contributed by atoms with Gasteiger partial charge in [-0.2, -0.15) is 0 Å². The van der Waals surface area contributed by atoms with Gasteiger partial charge in [0.05, 0.1) is 16.7 Å². The van der Waals surface area contributed by atoms with E-state index in [1.165, 1.54) is 64.1 Å². The van der Waals surface area contributed by atoms with Crippen LogP contribution in [0.1, 0.15) is 30.4 Å². The summed E-state index contributed by atoms with van der Waals surface area (Å²) in [5.74, 6) is 1.71. The quantitative estimate of drug-likeness (QED) is 0.196. The van der Waals surface area contributed by atoms with Crippen molar-refractivity contribution in [3.8, 4) is 0 Å². The van der Waals surface area contributed by atoms with Crippen LogP contribution in [0.5, 0.6) is 0 Å². The molecule has 0 amide bonds. The van der Waals surface area contributed by atoms with Crippen LogP contribution in [0, 0.1) is 5.92 Å². The van der Waals surface area contributed by atoms with Gasteiger partial charge in [0.2, 0.25) is 0 Å². The monoisotopic (exact) mass is 594 g/mol. The average Bonchev–Trinajstić information content (AvgIpc) is 3.83. The van der Waals surface area contributed by atoms with Gasteiger partial charge in [-0.1, -0.05) is 79.7 Å². The lowest BCUT2D eigenvalue weighted by molar-refractivity contribution is 0.595. The van der Waals surface area contributed by atoms with E-state index in [2.05, 4.69) is 114 Å². The second-order valence-electron chi connectivity index (χ2n) is 12.6. The number of nitrogens with zero attached hydrogens (tertiary/aromatic N) is 2. The number of para-hydroxylation sites is 2. The van der Waals surface area contributed by atoms with E-state index in [1.807, 2.05) is 23.5 Å². The van der Waals surface area contributed by atoms with Crippen molar-refractivity contribution in [2.75, 3.05) is 0 Å². The molecular formula is C41H26N2OS. The molecule has 0 fully saturated rings. The zero-order valence-corrected chi connectivity index (χ0v) is 25.4. The van der Waals surface area contributed by atoms with E-state index in [0.717, 1.165) is 39.9 Å². The molecule has 0 N–H and O–H groups in total. The van der Waals surface area contributed by atoms with Gasteiger partial charge in [-0.05, 0) is 65.9 Å². The van der Waals surface area contributed by atoms with Gasteiger partial charge in [-0.3, -0.25) is 4.40 Å². The van der Waals surface area contributed by atoms with Gasteiger partial charge >= 0.3 is 0 Å². The Kier molecular flexibility index (Phi) is 4.56. The van der Waals surface area contributed by atoms with E-state index >= 15 is 0 Å². The molecule has 0 bridgehead atoms. The number of thiophene rings is 1. The van der Waals surface area contributed by atoms with Crippen molar-refractivity contribution in [2.24, 2.45) is 10.9 Å². The summed E-state index contributed by atoms with van der Waals surface area (Å²) in [5.41, 5.74) is 9.37. The molecule has 2 aliphatic rings. The maximum Gasteiger partial charge on any atom is 0.142 e. The normalized spacial score (nSPS) is 18.2. The van der Waals surface area contributed by atoms with Gasteiger partial charge in [0.1, 0.15) is 17.0 Å². The number of allylic oxidation sites excluding steroid dienone is 4. The summed E-state index contributed by atoms with van der Waals surface area (Å²) in [4.78, 5) is 5.56. The Morgan fingerprint density at radius 3 is 2.49 bits per heavy atom. The molecule has 11 rings (SSSR count). The van der Waals surface area contributed by atoms with Crippen LogP contribution in [-0.2, 0) is 0 Å². The first-order chi connectivity index (χ1) is 22.3. The van der Waals surface area contributed by atoms with E-state index in [0.29, 0.717) is 5.92 Å². The molecule has 0 spiro atoms. The molecule has 3 nitrogen and oxygen atoms in total. The number of aromatic nitrogens is 1. The highest BCUT2D eigenvalue weighted by molar-refractivity contribution is 7.26. The highest BCUT2D eigenvalue weighted by Crippen LogP contribution is 2.54. The first kappa shape index (κ1) is 24.2. The van der Waals surface area contributed by atoms with Gasteiger partial charge in [0.25, 0.3) is 0 Å². The van der Waals surface area contributed by atoms with Crippen LogP contribution in [-0.4, -0.2) is 10.1 Å². The highest BCUT2D eigenvalue weighted by atomic mass is 32.1. The number of hydrogen-bond donors (Lipinski definition) is 0. The minimum Gasteiger partial charge on any atom is -0.456 e. The summed E-state index contributed by atoms with van der Waals surface area (Å²) >= 11 is 1.92. The third-order valence-electron chi connectivity index (χ3n) is 10.3. The molecule has 1 unspecified atom stereocenters. The van der Waals surface area contributed by atoms with Gasteiger partial charge in [-0.25, -0.2) is 4.99 Å². The van der Waals surface area contributed by atoms with Crippen LogP contribution in [0.2, 0.25) is 0 Å². The van der Waals surface area contributed by atoms with Crippen molar-refractivity contribution >= 4 is 97.7 Å². The minimum absolute atomic E-state index is 0.247. The van der Waals surface area contributed by atoms with E-state index in [-0.39, 0.29) is 5.92 Å². The predicted octanol–water partition coefficient (Wildman–Crippen LogP) is 11.8. The van der Waals surface area contributed by atoms with Crippen molar-refractivity contribution < 1.29 is 4.42 Å². The Balaban J connectivity index is 1.19. The topological polar surface area (TPSA) is 29.9 Å². The number of aliphatic imine (C=N–C) groups is 1. The standard InChI is InChI=1S/C41H26N2OS/c1-2-24-25-17-15-23(22-16-18-35-29(19-22)26-9-4-7-13-34(26)44-35)20-32(25)42-41-37(24)31-21-30-27-10-5-8-14-36(27)45-40(30)38-28-11-3-6-12-33(28)43(41)39(31)38/h3-21,24-25H,2H2,1H3/t24?,25-/m1/s1. The molecule has 0 saturated carbocycles. The molecule has 1 aliphatic carbocycles. The number of hydrogen-bond acceptors (Lipinski definition) is 3. The molecule has 5 aromatic carbocycles. The molecule has 4 heteroatoms. The molecule has 0 saturated heterocycles. The Labute approximate surface area is 262 Å². The smallest absolute Gasteiger partial charge is 0.142 e. The SMILES string of the molecule is CCC1c2c(n3c4ccccc4c4c5sc6ccccc6c5cc2c43)N=C2C=C(c3ccc4oc5ccccc5c4c3)C=C[C@@H]21. The molecular weight excluding hydrogens is 569 g/mol. The third-order valence-corrected chi connectivity index (χ3v) is 11.5. The Bertz CT molecular complexity index is 2820. The Hall–Kier alpha value is -5.19. The molecule has 1 aliphatic heterocycles. The van der Waals surface area contributed by atoms with E-state index in [4.69, 9.17) is 9.41 Å². The van der Waals surface area contributed by atoms with E-state index < -0.39 is 0 Å². The minimum atomic E-state index is 0.247. The molecule has 45 heavy (non-hydrogen) atoms. The van der Waals surface area contributed by atoms with Crippen molar-refractivity contribution in [2.45, 2.75) is 19.3 Å². The average molecular weight is 595 g/mol. The summed E-state index contributed by atoms with van der Waals surface area (Å²) in [6, 6.07) is 35.1. The van der Waals surface area contributed by atoms with Crippen LogP contribution in [0.25, 0.3) is 74.9 Å². The van der Waals surface area contributed by atoms with Gasteiger partial charge in [-0.15, -0.1) is 11.3 Å². The van der Waals surface area contributed by atoms with Crippen LogP contribution >= 0.6 is 11.3 Å². The summed E-state index contributed by atoms with van der Waals surface area (Å²) in [6.45, 7) is 2.34. The van der Waals surface area contributed by atoms with Gasteiger partial charge < -0.3 is 4.42 Å². The Morgan fingerprint density at radius 1 is 0.778 bits per heavy atom. The Morgan fingerprint density at radius 2 is 1.58 bits per heavy atom. The third kappa shape index (κ3) is 3.03. The lowest BCUT2D eigenvalue weighted by atomic mass is 9.75. The lowest BCUT2D eigenvalue weighted by Crippen LogP contribution is -2.24. The molecule has 212 valence electrons. The fourth-order valence-electron chi connectivity index (χ4n) is 8.38. The molecule has 9 aromatic rings. The summed E-state index contributed by atoms with van der Waals surface area (Å²) in [7, 11) is 0. The summed E-state index contributed by atoms with van der Waals surface area (Å²) in [6.07, 6.45) is 8.11. The maximum atomic E-state index is 6.12. The fraction of sp³-hybridized carbons (Fsp3) is 0.0976. The molecule has 0 radical (unpaired) electrons. The predicted molar refractivity (Wildman–Crippen MR) is 191 cm³/mol. The van der Waals surface area contributed by atoms with Crippen molar-refractivity contribution in [3.63, 3.8) is 0 Å². The largest absolute Gasteiger partial charge is 0.456 e. The van der Waals surface area contributed by atoms with Crippen molar-refractivity contribution in [1.82, 2.24) is 4.40 Å². The van der Waals surface area contributed by atoms with Gasteiger partial charge in [0.15, 0.2) is 0 Å². The van der Waals surface area contributed by atoms with Crippen LogP contribution in [0.3, 0.4) is 0 Å². The van der Waals surface area contributed by atoms with Crippen molar-refractivity contribution in [3.05, 3.63) is 126 Å². The van der Waals surface area contributed by atoms with Crippen LogP contribution in [0.4, 0.5) is 5.82 Å². The van der Waals surface area contributed by atoms with Crippen LogP contribution in [0.15, 0.2) is 125 Å². The number of fused-ring (bicyclic) bond motifs is 14. The summed E-state index contributed by atoms with van der Waals surface area (Å²) in [5, 5.41) is 9.07. The molecule has 4 aromatic heterocycles. The van der Waals surface area contributed by atoms with Crippen LogP contribution < -0.4 is 0 Å². The van der Waals surface area contributed by atoms with E-state index in [9.17, 15) is 0 Å². The summed E-state index contributed by atoms with van der Waals surface area (Å²) < 4.78 is 11.3. The molecule has 5 heterocycles. The first-order valence-corrected chi connectivity index (χ1v) is 16.6. The first-order valence-electron chi connectivity index (χ1n) is 15.8. The van der Waals surface area contributed by atoms with Crippen molar-refractivity contribution in [1.29, 1.82) is 0 Å². The number of furan rings is 1. The zero-order chi connectivity index (χ0) is 29.4. The fourth-order valence-corrected chi connectivity index (χ4v) is 9.62. The highest BCUT2D eigenvalue weighted by Gasteiger charge is 2.37. The second-order valence-corrected chi connectivity index (χ2v) is 13.6. The maximum absolute atomic E-state index is 6.12. The lowest BCUT2D eigenvalue weighted by Gasteiger charge is -2.31. The van der Waals surface area contributed by atoms with E-state index in [1.54, 1.807) is 0 Å². The second kappa shape index (κ2) is 8.50. The molecule has 2 atom stereocenters.